The third kappa shape index (κ3) is 5.37. The van der Waals surface area contributed by atoms with E-state index in [-0.39, 0.29) is 30.3 Å². The number of nitrogens with zero attached hydrogens (tertiary/aromatic N) is 4. The molecule has 0 aliphatic carbocycles. The summed E-state index contributed by atoms with van der Waals surface area (Å²) < 4.78 is 1.72. The summed E-state index contributed by atoms with van der Waals surface area (Å²) in [6.07, 6.45) is 7.10. The molecule has 0 bridgehead atoms. The van der Waals surface area contributed by atoms with Gasteiger partial charge in [-0.25, -0.2) is 9.67 Å². The van der Waals surface area contributed by atoms with E-state index in [1.165, 1.54) is 6.33 Å². The van der Waals surface area contributed by atoms with Gasteiger partial charge in [-0.05, 0) is 49.8 Å². The average Bonchev–Trinajstić information content (AvgIpc) is 3.46. The molecular weight excluding hydrogens is 404 g/mol. The number of halogens is 1. The topological polar surface area (TPSA) is 92.2 Å². The molecule has 1 aromatic carbocycles. The fraction of sp³-hybridized carbons (Fsp3) is 0.524. The highest BCUT2D eigenvalue weighted by Crippen LogP contribution is 2.20. The predicted molar refractivity (Wildman–Crippen MR) is 115 cm³/mol. The van der Waals surface area contributed by atoms with Gasteiger partial charge in [0.15, 0.2) is 0 Å². The minimum absolute atomic E-state index is 0. The number of nitrogens with one attached hydrogen (secondary N) is 2. The molecule has 2 aromatic rings. The molecule has 2 saturated heterocycles. The molecule has 0 saturated carbocycles. The molecule has 1 aromatic heterocycles. The van der Waals surface area contributed by atoms with Gasteiger partial charge in [0.2, 0.25) is 5.91 Å². The Morgan fingerprint density at radius 2 is 2.07 bits per heavy atom. The zero-order chi connectivity index (χ0) is 20.1. The van der Waals surface area contributed by atoms with E-state index in [1.54, 1.807) is 11.0 Å². The minimum atomic E-state index is -0.0556. The van der Waals surface area contributed by atoms with Crippen LogP contribution in [0.2, 0.25) is 0 Å². The van der Waals surface area contributed by atoms with Crippen LogP contribution in [0.5, 0.6) is 0 Å². The molecule has 4 rings (SSSR count). The van der Waals surface area contributed by atoms with E-state index in [2.05, 4.69) is 20.7 Å². The first kappa shape index (κ1) is 22.2. The highest BCUT2D eigenvalue weighted by Gasteiger charge is 2.27. The monoisotopic (exact) mass is 432 g/mol. The molecule has 30 heavy (non-hydrogen) atoms. The normalized spacial score (nSPS) is 21.1. The second-order valence-electron chi connectivity index (χ2n) is 7.90. The number of carbonyl (C=O) groups is 2. The molecule has 2 amide bonds. The Morgan fingerprint density at radius 3 is 2.83 bits per heavy atom. The van der Waals surface area contributed by atoms with Crippen molar-refractivity contribution >= 4 is 24.2 Å². The van der Waals surface area contributed by atoms with Crippen molar-refractivity contribution < 1.29 is 9.59 Å². The minimum Gasteiger partial charge on any atom is -0.354 e. The largest absolute Gasteiger partial charge is 0.354 e. The molecule has 2 aliphatic heterocycles. The molecule has 9 heteroatoms. The molecule has 2 unspecified atom stereocenters. The summed E-state index contributed by atoms with van der Waals surface area (Å²) in [6, 6.07) is 7.62. The van der Waals surface area contributed by atoms with Gasteiger partial charge in [-0.15, -0.1) is 12.4 Å². The molecule has 2 N–H and O–H groups in total. The van der Waals surface area contributed by atoms with Crippen LogP contribution in [0.4, 0.5) is 0 Å². The Bertz CT molecular complexity index is 838. The lowest BCUT2D eigenvalue weighted by molar-refractivity contribution is -0.123. The van der Waals surface area contributed by atoms with Crippen LogP contribution in [0, 0.1) is 5.92 Å². The van der Waals surface area contributed by atoms with Crippen LogP contribution in [-0.2, 0) is 11.3 Å². The second-order valence-corrected chi connectivity index (χ2v) is 7.90. The summed E-state index contributed by atoms with van der Waals surface area (Å²) in [5.74, 6) is 0.429. The van der Waals surface area contributed by atoms with E-state index in [9.17, 15) is 9.59 Å². The van der Waals surface area contributed by atoms with Crippen LogP contribution in [0.1, 0.15) is 41.6 Å². The summed E-state index contributed by atoms with van der Waals surface area (Å²) in [7, 11) is 0. The van der Waals surface area contributed by atoms with Gasteiger partial charge in [-0.2, -0.15) is 5.10 Å². The van der Waals surface area contributed by atoms with Gasteiger partial charge in [-0.3, -0.25) is 9.59 Å². The van der Waals surface area contributed by atoms with Crippen molar-refractivity contribution in [1.29, 1.82) is 0 Å². The average molecular weight is 433 g/mol. The summed E-state index contributed by atoms with van der Waals surface area (Å²) in [5, 5.41) is 10.5. The van der Waals surface area contributed by atoms with Crippen LogP contribution in [-0.4, -0.2) is 63.7 Å². The zero-order valence-electron chi connectivity index (χ0n) is 17.0. The molecule has 8 nitrogen and oxygen atoms in total. The molecule has 162 valence electrons. The van der Waals surface area contributed by atoms with Crippen molar-refractivity contribution in [3.63, 3.8) is 0 Å². The number of piperidine rings is 1. The van der Waals surface area contributed by atoms with Crippen molar-refractivity contribution in [1.82, 2.24) is 30.3 Å². The fourth-order valence-electron chi connectivity index (χ4n) is 4.22. The zero-order valence-corrected chi connectivity index (χ0v) is 17.8. The molecule has 2 aliphatic rings. The molecule has 0 spiro atoms. The lowest BCUT2D eigenvalue weighted by Gasteiger charge is -2.33. The van der Waals surface area contributed by atoms with Crippen LogP contribution < -0.4 is 10.6 Å². The number of hydrogen-bond acceptors (Lipinski definition) is 5. The maximum atomic E-state index is 13.2. The maximum absolute atomic E-state index is 13.2. The van der Waals surface area contributed by atoms with Gasteiger partial charge in [0.25, 0.3) is 5.91 Å². The second kappa shape index (κ2) is 10.5. The number of benzene rings is 1. The van der Waals surface area contributed by atoms with Crippen LogP contribution >= 0.6 is 12.4 Å². The van der Waals surface area contributed by atoms with Gasteiger partial charge < -0.3 is 15.5 Å². The van der Waals surface area contributed by atoms with Gasteiger partial charge in [0, 0.05) is 25.2 Å². The Hall–Kier alpha value is -2.45. The molecule has 2 fully saturated rings. The lowest BCUT2D eigenvalue weighted by atomic mass is 9.96. The summed E-state index contributed by atoms with van der Waals surface area (Å²) in [4.78, 5) is 31.4. The highest BCUT2D eigenvalue weighted by molar-refractivity contribution is 5.95. The third-order valence-electron chi connectivity index (χ3n) is 5.79. The van der Waals surface area contributed by atoms with Crippen molar-refractivity contribution in [2.45, 2.75) is 38.3 Å². The van der Waals surface area contributed by atoms with Gasteiger partial charge in [-0.1, -0.05) is 18.2 Å². The fourth-order valence-corrected chi connectivity index (χ4v) is 4.22. The molecular formula is C21H29ClN6O2. The van der Waals surface area contributed by atoms with Crippen LogP contribution in [0.25, 0.3) is 0 Å². The van der Waals surface area contributed by atoms with Gasteiger partial charge >= 0.3 is 0 Å². The Morgan fingerprint density at radius 1 is 1.20 bits per heavy atom. The highest BCUT2D eigenvalue weighted by atomic mass is 35.5. The van der Waals surface area contributed by atoms with Crippen molar-refractivity contribution in [3.05, 3.63) is 48.0 Å². The summed E-state index contributed by atoms with van der Waals surface area (Å²) in [5.41, 5.74) is 1.65. The molecule has 0 radical (unpaired) electrons. The number of hydrogen-bond donors (Lipinski definition) is 2. The van der Waals surface area contributed by atoms with E-state index < -0.39 is 0 Å². The smallest absolute Gasteiger partial charge is 0.254 e. The Kier molecular flexibility index (Phi) is 7.81. The van der Waals surface area contributed by atoms with E-state index in [0.29, 0.717) is 31.1 Å². The van der Waals surface area contributed by atoms with E-state index in [4.69, 9.17) is 0 Å². The standard InChI is InChI=1S/C21H28N6O2.ClH/c28-20(19-8-3-9-23-19)24-11-16-5-4-10-26(12-16)21(29)18-7-2-1-6-17(18)13-27-15-22-14-25-27;/h1-2,6-7,14-16,19,23H,3-5,8-13H2,(H,24,28);1H. The Balaban J connectivity index is 0.00000256. The third-order valence-corrected chi connectivity index (χ3v) is 5.79. The first-order chi connectivity index (χ1) is 14.2. The van der Waals surface area contributed by atoms with Gasteiger partial charge in [0.1, 0.15) is 12.7 Å². The van der Waals surface area contributed by atoms with Crippen molar-refractivity contribution in [2.75, 3.05) is 26.2 Å². The molecule has 2 atom stereocenters. The summed E-state index contributed by atoms with van der Waals surface area (Å²) >= 11 is 0. The van der Waals surface area contributed by atoms with E-state index in [1.807, 2.05) is 29.2 Å². The van der Waals surface area contributed by atoms with Gasteiger partial charge in [0.05, 0.1) is 12.6 Å². The quantitative estimate of drug-likeness (QED) is 0.721. The first-order valence-corrected chi connectivity index (χ1v) is 10.4. The lowest BCUT2D eigenvalue weighted by Crippen LogP contribution is -2.46. The van der Waals surface area contributed by atoms with Crippen LogP contribution in [0.15, 0.2) is 36.9 Å². The first-order valence-electron chi connectivity index (χ1n) is 10.4. The Labute approximate surface area is 182 Å². The van der Waals surface area contributed by atoms with E-state index >= 15 is 0 Å². The summed E-state index contributed by atoms with van der Waals surface area (Å²) in [6.45, 7) is 3.49. The van der Waals surface area contributed by atoms with Crippen molar-refractivity contribution in [2.24, 2.45) is 5.92 Å². The van der Waals surface area contributed by atoms with E-state index in [0.717, 1.165) is 44.3 Å². The number of likely N-dealkylation sites (tertiary alicyclic amines) is 1. The van der Waals surface area contributed by atoms with Crippen LogP contribution in [0.3, 0.4) is 0 Å². The maximum Gasteiger partial charge on any atom is 0.254 e. The predicted octanol–water partition coefficient (Wildman–Crippen LogP) is 1.47. The number of carbonyl (C=O) groups excluding carboxylic acids is 2. The number of amides is 2. The van der Waals surface area contributed by atoms with Crippen molar-refractivity contribution in [3.8, 4) is 0 Å². The molecule has 3 heterocycles. The SMILES string of the molecule is Cl.O=C(NCC1CCCN(C(=O)c2ccccc2Cn2cncn2)C1)C1CCCN1. The number of rotatable bonds is 6. The number of aromatic nitrogens is 3.